The van der Waals surface area contributed by atoms with Crippen LogP contribution in [0.1, 0.15) is 11.1 Å². The molecule has 6 heteroatoms. The van der Waals surface area contributed by atoms with E-state index in [0.717, 1.165) is 5.56 Å². The molecular weight excluding hydrogens is 268 g/mol. The zero-order valence-corrected chi connectivity index (χ0v) is 11.1. The predicted octanol–water partition coefficient (Wildman–Crippen LogP) is 1.48. The molecule has 1 aromatic carbocycles. The minimum Gasteiger partial charge on any atom is -0.482 e. The number of nitrogens with one attached hydrogen (secondary N) is 1. The highest BCUT2D eigenvalue weighted by atomic mass is 16.5. The molecule has 2 aromatic rings. The van der Waals surface area contributed by atoms with Gasteiger partial charge in [-0.15, -0.1) is 0 Å². The molecule has 0 aliphatic carbocycles. The van der Waals surface area contributed by atoms with Crippen molar-refractivity contribution in [3.63, 3.8) is 0 Å². The topological polar surface area (TPSA) is 87.4 Å². The molecule has 0 aliphatic rings. The number of hydrazone groups is 1. The van der Waals surface area contributed by atoms with Crippen molar-refractivity contribution in [1.82, 2.24) is 10.4 Å². The van der Waals surface area contributed by atoms with Crippen LogP contribution >= 0.6 is 0 Å². The average molecular weight is 280 g/mol. The van der Waals surface area contributed by atoms with Gasteiger partial charge in [-0.2, -0.15) is 10.4 Å². The standard InChI is InChI=1S/C15H12N4O2/c16-9-13-3-1-2-4-14(13)21-11-15(20)19-18-10-12-5-7-17-8-6-12/h1-8,10H,11H2,(H,19,20). The molecule has 1 N–H and O–H groups in total. The summed E-state index contributed by atoms with van der Waals surface area (Å²) in [6.45, 7) is -0.216. The van der Waals surface area contributed by atoms with Gasteiger partial charge in [-0.05, 0) is 29.8 Å². The van der Waals surface area contributed by atoms with Gasteiger partial charge in [0.2, 0.25) is 0 Å². The first kappa shape index (κ1) is 14.2. The molecule has 1 aromatic heterocycles. The van der Waals surface area contributed by atoms with Gasteiger partial charge >= 0.3 is 0 Å². The number of rotatable bonds is 5. The Balaban J connectivity index is 1.83. The highest BCUT2D eigenvalue weighted by Gasteiger charge is 2.05. The zero-order chi connectivity index (χ0) is 14.9. The molecule has 0 atom stereocenters. The number of aromatic nitrogens is 1. The van der Waals surface area contributed by atoms with Crippen molar-refractivity contribution in [2.45, 2.75) is 0 Å². The van der Waals surface area contributed by atoms with E-state index in [-0.39, 0.29) is 6.61 Å². The lowest BCUT2D eigenvalue weighted by atomic mass is 10.2. The van der Waals surface area contributed by atoms with E-state index in [4.69, 9.17) is 10.00 Å². The minimum absolute atomic E-state index is 0.216. The van der Waals surface area contributed by atoms with Crippen LogP contribution in [0.25, 0.3) is 0 Å². The van der Waals surface area contributed by atoms with Crippen LogP contribution in [-0.2, 0) is 4.79 Å². The number of nitriles is 1. The third kappa shape index (κ3) is 4.44. The van der Waals surface area contributed by atoms with Crippen molar-refractivity contribution in [3.05, 3.63) is 59.9 Å². The third-order valence-electron chi connectivity index (χ3n) is 2.48. The smallest absolute Gasteiger partial charge is 0.277 e. The van der Waals surface area contributed by atoms with Crippen molar-refractivity contribution < 1.29 is 9.53 Å². The summed E-state index contributed by atoms with van der Waals surface area (Å²) in [7, 11) is 0. The van der Waals surface area contributed by atoms with Gasteiger partial charge in [0.25, 0.3) is 5.91 Å². The summed E-state index contributed by atoms with van der Waals surface area (Å²) in [5.41, 5.74) is 3.54. The summed E-state index contributed by atoms with van der Waals surface area (Å²) in [6.07, 6.45) is 4.76. The molecule has 0 saturated heterocycles. The van der Waals surface area contributed by atoms with Crippen molar-refractivity contribution in [3.8, 4) is 11.8 Å². The Morgan fingerprint density at radius 1 is 1.33 bits per heavy atom. The third-order valence-corrected chi connectivity index (χ3v) is 2.48. The Morgan fingerprint density at radius 3 is 2.86 bits per heavy atom. The molecule has 0 unspecified atom stereocenters. The minimum atomic E-state index is -0.409. The number of hydrogen-bond acceptors (Lipinski definition) is 5. The van der Waals surface area contributed by atoms with Crippen molar-refractivity contribution in [2.24, 2.45) is 5.10 Å². The molecule has 1 amide bonds. The molecule has 0 radical (unpaired) electrons. The SMILES string of the molecule is N#Cc1ccccc1OCC(=O)NN=Cc1ccncc1. The predicted molar refractivity (Wildman–Crippen MR) is 76.6 cm³/mol. The molecule has 0 aliphatic heterocycles. The van der Waals surface area contributed by atoms with Crippen LogP contribution in [-0.4, -0.2) is 23.7 Å². The Hall–Kier alpha value is -3.20. The molecule has 21 heavy (non-hydrogen) atoms. The van der Waals surface area contributed by atoms with Gasteiger partial charge in [-0.3, -0.25) is 9.78 Å². The fourth-order valence-electron chi connectivity index (χ4n) is 1.49. The second-order valence-electron chi connectivity index (χ2n) is 3.97. The number of para-hydroxylation sites is 1. The van der Waals surface area contributed by atoms with E-state index >= 15 is 0 Å². The van der Waals surface area contributed by atoms with Gasteiger partial charge in [-0.25, -0.2) is 5.43 Å². The number of hydrogen-bond donors (Lipinski definition) is 1. The number of ether oxygens (including phenoxy) is 1. The van der Waals surface area contributed by atoms with Crippen molar-refractivity contribution in [1.29, 1.82) is 5.26 Å². The van der Waals surface area contributed by atoms with E-state index in [1.54, 1.807) is 48.8 Å². The lowest BCUT2D eigenvalue weighted by Gasteiger charge is -2.06. The van der Waals surface area contributed by atoms with Crippen molar-refractivity contribution in [2.75, 3.05) is 6.61 Å². The van der Waals surface area contributed by atoms with E-state index in [2.05, 4.69) is 15.5 Å². The maximum Gasteiger partial charge on any atom is 0.277 e. The van der Waals surface area contributed by atoms with Crippen LogP contribution in [0.15, 0.2) is 53.9 Å². The Bertz CT molecular complexity index is 678. The monoisotopic (exact) mass is 280 g/mol. The van der Waals surface area contributed by atoms with Crippen LogP contribution in [0, 0.1) is 11.3 Å². The number of pyridine rings is 1. The molecule has 0 bridgehead atoms. The molecule has 1 heterocycles. The van der Waals surface area contributed by atoms with E-state index in [0.29, 0.717) is 11.3 Å². The Morgan fingerprint density at radius 2 is 2.10 bits per heavy atom. The van der Waals surface area contributed by atoms with Gasteiger partial charge in [0.15, 0.2) is 6.61 Å². The van der Waals surface area contributed by atoms with Gasteiger partial charge in [0, 0.05) is 12.4 Å². The second kappa shape index (κ2) is 7.40. The fourth-order valence-corrected chi connectivity index (χ4v) is 1.49. The van der Waals surface area contributed by atoms with Crippen LogP contribution in [0.2, 0.25) is 0 Å². The number of benzene rings is 1. The summed E-state index contributed by atoms with van der Waals surface area (Å²) >= 11 is 0. The summed E-state index contributed by atoms with van der Waals surface area (Å²) in [4.78, 5) is 15.4. The van der Waals surface area contributed by atoms with Gasteiger partial charge in [-0.1, -0.05) is 12.1 Å². The first-order chi connectivity index (χ1) is 10.3. The maximum atomic E-state index is 11.6. The van der Waals surface area contributed by atoms with E-state index in [9.17, 15) is 4.79 Å². The highest BCUT2D eigenvalue weighted by molar-refractivity contribution is 5.82. The number of amides is 1. The van der Waals surface area contributed by atoms with E-state index in [1.165, 1.54) is 6.21 Å². The lowest BCUT2D eigenvalue weighted by Crippen LogP contribution is -2.24. The maximum absolute atomic E-state index is 11.6. The quantitative estimate of drug-likeness (QED) is 0.664. The van der Waals surface area contributed by atoms with Crippen LogP contribution in [0.4, 0.5) is 0 Å². The lowest BCUT2D eigenvalue weighted by molar-refractivity contribution is -0.123. The van der Waals surface area contributed by atoms with Crippen LogP contribution in [0.5, 0.6) is 5.75 Å². The zero-order valence-electron chi connectivity index (χ0n) is 11.1. The molecule has 0 fully saturated rings. The van der Waals surface area contributed by atoms with Crippen LogP contribution < -0.4 is 10.2 Å². The first-order valence-electron chi connectivity index (χ1n) is 6.13. The summed E-state index contributed by atoms with van der Waals surface area (Å²) in [5, 5.41) is 12.7. The Labute approximate surface area is 121 Å². The van der Waals surface area contributed by atoms with Gasteiger partial charge in [0.05, 0.1) is 11.8 Å². The molecule has 6 nitrogen and oxygen atoms in total. The van der Waals surface area contributed by atoms with Crippen molar-refractivity contribution >= 4 is 12.1 Å². The fraction of sp³-hybridized carbons (Fsp3) is 0.0667. The first-order valence-corrected chi connectivity index (χ1v) is 6.13. The van der Waals surface area contributed by atoms with Gasteiger partial charge in [0.1, 0.15) is 11.8 Å². The average Bonchev–Trinajstić information content (AvgIpc) is 2.54. The Kier molecular flexibility index (Phi) is 5.01. The highest BCUT2D eigenvalue weighted by Crippen LogP contribution is 2.15. The summed E-state index contributed by atoms with van der Waals surface area (Å²) < 4.78 is 5.27. The molecule has 2 rings (SSSR count). The van der Waals surface area contributed by atoms with Crippen LogP contribution in [0.3, 0.4) is 0 Å². The molecule has 0 spiro atoms. The normalized spacial score (nSPS) is 10.0. The molecule has 0 saturated carbocycles. The summed E-state index contributed by atoms with van der Waals surface area (Å²) in [6, 6.07) is 12.2. The summed E-state index contributed by atoms with van der Waals surface area (Å²) in [5.74, 6) is -0.0405. The number of nitrogens with zero attached hydrogens (tertiary/aromatic N) is 3. The number of carbonyl (C=O) groups excluding carboxylic acids is 1. The van der Waals surface area contributed by atoms with E-state index in [1.807, 2.05) is 6.07 Å². The van der Waals surface area contributed by atoms with Gasteiger partial charge < -0.3 is 4.74 Å². The van der Waals surface area contributed by atoms with E-state index < -0.39 is 5.91 Å². The molecule has 104 valence electrons. The largest absolute Gasteiger partial charge is 0.482 e. The second-order valence-corrected chi connectivity index (χ2v) is 3.97. The number of carbonyl (C=O) groups is 1. The molecular formula is C15H12N4O2.